The van der Waals surface area contributed by atoms with E-state index in [-0.39, 0.29) is 18.9 Å². The number of ether oxygens (including phenoxy) is 6. The van der Waals surface area contributed by atoms with Gasteiger partial charge in [0.1, 0.15) is 73.2 Å². The summed E-state index contributed by atoms with van der Waals surface area (Å²) in [5, 5.41) is 120. The van der Waals surface area contributed by atoms with Crippen molar-refractivity contribution in [2.75, 3.05) is 26.4 Å². The van der Waals surface area contributed by atoms with Crippen LogP contribution in [0.25, 0.3) is 0 Å². The molecule has 0 saturated carbocycles. The van der Waals surface area contributed by atoms with Crippen molar-refractivity contribution in [1.82, 2.24) is 5.32 Å². The highest BCUT2D eigenvalue weighted by atomic mass is 16.8. The van der Waals surface area contributed by atoms with Gasteiger partial charge in [0, 0.05) is 6.42 Å². The van der Waals surface area contributed by atoms with E-state index < -0.39 is 124 Å². The van der Waals surface area contributed by atoms with Crippen LogP contribution in [0, 0.1) is 0 Å². The molecular weight excluding hydrogens is 1080 g/mol. The van der Waals surface area contributed by atoms with Gasteiger partial charge < -0.3 is 89.9 Å². The Morgan fingerprint density at radius 3 is 1.27 bits per heavy atom. The van der Waals surface area contributed by atoms with Gasteiger partial charge in [-0.25, -0.2) is 0 Å². The Hall–Kier alpha value is -2.51. The Labute approximate surface area is 503 Å². The van der Waals surface area contributed by atoms with E-state index in [9.17, 15) is 61.0 Å². The molecule has 0 bridgehead atoms. The van der Waals surface area contributed by atoms with Gasteiger partial charge in [-0.2, -0.15) is 0 Å². The van der Waals surface area contributed by atoms with Crippen molar-refractivity contribution in [3.8, 4) is 0 Å². The molecule has 3 fully saturated rings. The lowest BCUT2D eigenvalue weighted by atomic mass is 9.96. The molecule has 17 unspecified atom stereocenters. The number of amides is 1. The van der Waals surface area contributed by atoms with Gasteiger partial charge in [-0.1, -0.05) is 190 Å². The molecule has 488 valence electrons. The van der Waals surface area contributed by atoms with Crippen molar-refractivity contribution in [3.63, 3.8) is 0 Å². The highest BCUT2D eigenvalue weighted by Crippen LogP contribution is 2.33. The first-order valence-electron chi connectivity index (χ1n) is 32.5. The van der Waals surface area contributed by atoms with Crippen LogP contribution in [0.5, 0.6) is 0 Å². The number of hydrogen-bond acceptors (Lipinski definition) is 18. The monoisotopic (exact) mass is 1200 g/mol. The van der Waals surface area contributed by atoms with Crippen molar-refractivity contribution < 1.29 is 89.4 Å². The van der Waals surface area contributed by atoms with E-state index in [1.165, 1.54) is 109 Å². The van der Waals surface area contributed by atoms with Crippen LogP contribution in [0.2, 0.25) is 0 Å². The third-order valence-electron chi connectivity index (χ3n) is 16.0. The first-order chi connectivity index (χ1) is 40.8. The number of carbonyl (C=O) groups is 1. The molecule has 3 aliphatic rings. The standard InChI is InChI=1S/C65H115NO18/c1-3-5-7-9-11-13-15-17-19-21-22-23-24-25-26-27-28-30-32-34-36-38-40-42-49(70)48(66-53(71)43-41-39-37-35-33-31-29-20-18-16-14-12-10-8-6-4-2)47-79-63-59(77)56(74)61(51(45-68)81-63)84-65-60(78)57(75)62(52(46-69)82-65)83-64-58(76)55(73)54(72)50(44-67)80-64/h14,16,20,26-27,29,32,34,40,42,48-52,54-65,67-70,72-78H,3-13,15,17-19,21-25,28,30-31,33,35-39,41,43-47H2,1-2H3,(H,66,71)/b16-14-,27-26+,29-20-,34-32+,42-40+. The minimum atomic E-state index is -1.99. The summed E-state index contributed by atoms with van der Waals surface area (Å²) in [6.07, 6.45) is 29.1. The molecule has 0 radical (unpaired) electrons. The van der Waals surface area contributed by atoms with Gasteiger partial charge in [0.05, 0.1) is 38.6 Å². The van der Waals surface area contributed by atoms with Crippen molar-refractivity contribution in [1.29, 1.82) is 0 Å². The first kappa shape index (κ1) is 75.7. The molecule has 3 aliphatic heterocycles. The molecule has 0 aromatic rings. The van der Waals surface area contributed by atoms with E-state index >= 15 is 0 Å². The van der Waals surface area contributed by atoms with Crippen molar-refractivity contribution >= 4 is 5.91 Å². The minimum Gasteiger partial charge on any atom is -0.394 e. The summed E-state index contributed by atoms with van der Waals surface area (Å²) in [5.41, 5.74) is 0. The molecule has 3 saturated heterocycles. The fourth-order valence-electron chi connectivity index (χ4n) is 10.7. The number of carbonyl (C=O) groups excluding carboxylic acids is 1. The lowest BCUT2D eigenvalue weighted by Crippen LogP contribution is -2.66. The quantitative estimate of drug-likeness (QED) is 0.0211. The van der Waals surface area contributed by atoms with Gasteiger partial charge in [-0.15, -0.1) is 0 Å². The maximum atomic E-state index is 13.3. The van der Waals surface area contributed by atoms with Crippen LogP contribution in [0.15, 0.2) is 60.8 Å². The van der Waals surface area contributed by atoms with Gasteiger partial charge >= 0.3 is 0 Å². The number of unbranched alkanes of at least 4 members (excludes halogenated alkanes) is 24. The summed E-state index contributed by atoms with van der Waals surface area (Å²) in [6, 6.07) is -1.01. The molecule has 0 aliphatic carbocycles. The predicted octanol–water partition coefficient (Wildman–Crippen LogP) is 7.21. The Morgan fingerprint density at radius 2 is 0.798 bits per heavy atom. The van der Waals surface area contributed by atoms with Crippen LogP contribution < -0.4 is 5.32 Å². The third-order valence-corrected chi connectivity index (χ3v) is 16.0. The van der Waals surface area contributed by atoms with Crippen molar-refractivity contribution in [2.45, 2.75) is 317 Å². The van der Waals surface area contributed by atoms with Crippen LogP contribution in [0.3, 0.4) is 0 Å². The molecule has 12 N–H and O–H groups in total. The maximum Gasteiger partial charge on any atom is 0.220 e. The first-order valence-corrected chi connectivity index (χ1v) is 32.5. The molecule has 0 aromatic carbocycles. The van der Waals surface area contributed by atoms with Gasteiger partial charge in [-0.3, -0.25) is 4.79 Å². The summed E-state index contributed by atoms with van der Waals surface area (Å²) in [4.78, 5) is 13.3. The van der Waals surface area contributed by atoms with Crippen molar-refractivity contribution in [3.05, 3.63) is 60.8 Å². The molecule has 19 heteroatoms. The van der Waals surface area contributed by atoms with Crippen LogP contribution in [-0.4, -0.2) is 193 Å². The Balaban J connectivity index is 1.50. The largest absolute Gasteiger partial charge is 0.394 e. The zero-order valence-electron chi connectivity index (χ0n) is 51.1. The number of nitrogens with one attached hydrogen (secondary N) is 1. The summed E-state index contributed by atoms with van der Waals surface area (Å²) in [7, 11) is 0. The van der Waals surface area contributed by atoms with Crippen LogP contribution >= 0.6 is 0 Å². The average molecular weight is 1200 g/mol. The Morgan fingerprint density at radius 1 is 0.429 bits per heavy atom. The summed E-state index contributed by atoms with van der Waals surface area (Å²) >= 11 is 0. The molecule has 3 heterocycles. The molecule has 19 nitrogen and oxygen atoms in total. The average Bonchev–Trinajstić information content (AvgIpc) is 2.79. The molecule has 0 aromatic heterocycles. The number of hydrogen-bond donors (Lipinski definition) is 12. The van der Waals surface area contributed by atoms with E-state index in [0.717, 1.165) is 70.6 Å². The smallest absolute Gasteiger partial charge is 0.220 e. The summed E-state index contributed by atoms with van der Waals surface area (Å²) in [6.45, 7) is 1.67. The van der Waals surface area contributed by atoms with E-state index in [1.54, 1.807) is 6.08 Å². The zero-order valence-corrected chi connectivity index (χ0v) is 51.1. The van der Waals surface area contributed by atoms with Gasteiger partial charge in [0.15, 0.2) is 18.9 Å². The number of rotatable bonds is 48. The third kappa shape index (κ3) is 30.1. The molecule has 1 amide bonds. The van der Waals surface area contributed by atoms with E-state index in [1.807, 2.05) is 6.08 Å². The summed E-state index contributed by atoms with van der Waals surface area (Å²) in [5.74, 6) is -0.305. The second-order valence-electron chi connectivity index (χ2n) is 23.2. The van der Waals surface area contributed by atoms with E-state index in [2.05, 4.69) is 67.8 Å². The maximum absolute atomic E-state index is 13.3. The molecule has 0 spiro atoms. The van der Waals surface area contributed by atoms with E-state index in [4.69, 9.17) is 28.4 Å². The van der Waals surface area contributed by atoms with E-state index in [0.29, 0.717) is 12.8 Å². The molecular formula is C65H115NO18. The lowest BCUT2D eigenvalue weighted by Gasteiger charge is -2.48. The second-order valence-corrected chi connectivity index (χ2v) is 23.2. The van der Waals surface area contributed by atoms with Crippen LogP contribution in [-0.2, 0) is 33.2 Å². The molecule has 3 rings (SSSR count). The predicted molar refractivity (Wildman–Crippen MR) is 323 cm³/mol. The second kappa shape index (κ2) is 47.5. The lowest BCUT2D eigenvalue weighted by molar-refractivity contribution is -0.379. The normalized spacial score (nSPS) is 29.6. The van der Waals surface area contributed by atoms with Gasteiger partial charge in [0.25, 0.3) is 0 Å². The van der Waals surface area contributed by atoms with Crippen LogP contribution in [0.1, 0.15) is 213 Å². The highest BCUT2D eigenvalue weighted by molar-refractivity contribution is 5.76. The number of aliphatic hydroxyl groups excluding tert-OH is 11. The topological polar surface area (TPSA) is 307 Å². The fourth-order valence-corrected chi connectivity index (χ4v) is 10.7. The van der Waals surface area contributed by atoms with Crippen molar-refractivity contribution in [2.24, 2.45) is 0 Å². The number of aliphatic hydroxyl groups is 11. The highest BCUT2D eigenvalue weighted by Gasteiger charge is 2.53. The zero-order chi connectivity index (χ0) is 61.2. The number of allylic oxidation sites excluding steroid dienone is 9. The minimum absolute atomic E-state index is 0.214. The van der Waals surface area contributed by atoms with Crippen LogP contribution in [0.4, 0.5) is 0 Å². The van der Waals surface area contributed by atoms with Gasteiger partial charge in [0.2, 0.25) is 5.91 Å². The molecule has 17 atom stereocenters. The Kier molecular flexibility index (Phi) is 42.8. The molecule has 84 heavy (non-hydrogen) atoms. The SMILES string of the molecule is CCCCCC/C=C\C/C=C\CCCCCCCC(=O)NC(COC1OC(CO)C(OC2OC(CO)C(OC3OC(CO)C(O)C(O)C3O)C(O)C2O)C(O)C1O)C(O)/C=C/CC/C=C/CC/C=C/CCCCCCCCCCCCCCC. The van der Waals surface area contributed by atoms with Gasteiger partial charge in [-0.05, 0) is 77.0 Å². The fraction of sp³-hybridized carbons (Fsp3) is 0.831. The summed E-state index contributed by atoms with van der Waals surface area (Å²) < 4.78 is 34.3. The Bertz CT molecular complexity index is 1770.